The second kappa shape index (κ2) is 11.4. The number of nitrogens with two attached hydrogens (primary N) is 1. The van der Waals surface area contributed by atoms with Gasteiger partial charge in [0.25, 0.3) is 17.7 Å². The van der Waals surface area contributed by atoms with E-state index in [1.54, 1.807) is 4.90 Å². The lowest BCUT2D eigenvalue weighted by Crippen LogP contribution is -2.50. The monoisotopic (exact) mass is 695 g/mol. The average molecular weight is 696 g/mol. The lowest BCUT2D eigenvalue weighted by Gasteiger charge is -2.25. The molecule has 12 nitrogen and oxygen atoms in total. The van der Waals surface area contributed by atoms with Crippen molar-refractivity contribution < 1.29 is 36.3 Å². The van der Waals surface area contributed by atoms with Crippen LogP contribution in [0.15, 0.2) is 30.6 Å². The van der Waals surface area contributed by atoms with Gasteiger partial charge in [-0.3, -0.25) is 14.3 Å². The van der Waals surface area contributed by atoms with Crippen molar-refractivity contribution in [2.75, 3.05) is 18.4 Å². The first-order valence-electron chi connectivity index (χ1n) is 15.4. The molecule has 7 rings (SSSR count). The highest BCUT2D eigenvalue weighted by atomic mass is 35.5. The van der Waals surface area contributed by atoms with Crippen molar-refractivity contribution in [2.45, 2.75) is 61.9 Å². The molecule has 5 atom stereocenters. The van der Waals surface area contributed by atoms with Gasteiger partial charge >= 0.3 is 12.2 Å². The van der Waals surface area contributed by atoms with Crippen LogP contribution in [0.5, 0.6) is 0 Å². The quantitative estimate of drug-likeness (QED) is 0.274. The number of urea groups is 1. The minimum absolute atomic E-state index is 0.0179. The number of imidazole rings is 1. The summed E-state index contributed by atoms with van der Waals surface area (Å²) in [7, 11) is 1.31. The first-order valence-corrected chi connectivity index (χ1v) is 15.8. The Balaban J connectivity index is 0.967. The first kappa shape index (κ1) is 32.3. The van der Waals surface area contributed by atoms with Gasteiger partial charge in [-0.05, 0) is 37.5 Å². The Bertz CT molecular complexity index is 1800. The largest absolute Gasteiger partial charge is 0.435 e. The number of nitrogens with one attached hydrogen (secondary N) is 3. The Hall–Kier alpha value is -4.25. The van der Waals surface area contributed by atoms with Crippen LogP contribution >= 0.6 is 11.6 Å². The molecule has 256 valence electrons. The highest BCUT2D eigenvalue weighted by molar-refractivity contribution is 6.34. The normalized spacial score (nSPS) is 27.0. The predicted molar refractivity (Wildman–Crippen MR) is 161 cm³/mol. The molecule has 0 bridgehead atoms. The maximum absolute atomic E-state index is 13.8. The number of alkyl halides is 5. The fourth-order valence-corrected chi connectivity index (χ4v) is 7.09. The third-order valence-electron chi connectivity index (χ3n) is 9.71. The molecule has 4 aliphatic rings. The third kappa shape index (κ3) is 5.86. The van der Waals surface area contributed by atoms with E-state index in [2.05, 4.69) is 26.0 Å². The number of amides is 4. The molecule has 4 fully saturated rings. The van der Waals surface area contributed by atoms with Crippen LogP contribution in [0.3, 0.4) is 0 Å². The van der Waals surface area contributed by atoms with Crippen molar-refractivity contribution in [2.24, 2.45) is 24.6 Å². The fraction of sp³-hybridized carbons (Fsp3) is 0.500. The summed E-state index contributed by atoms with van der Waals surface area (Å²) in [5.41, 5.74) is 4.39. The van der Waals surface area contributed by atoms with Crippen molar-refractivity contribution in [1.29, 1.82) is 0 Å². The van der Waals surface area contributed by atoms with Gasteiger partial charge in [0.1, 0.15) is 6.04 Å². The van der Waals surface area contributed by atoms with Crippen LogP contribution in [0.4, 0.5) is 32.4 Å². The second-order valence-corrected chi connectivity index (χ2v) is 13.3. The smallest absolute Gasteiger partial charge is 0.349 e. The Morgan fingerprint density at radius 2 is 1.79 bits per heavy atom. The molecule has 0 radical (unpaired) electrons. The number of likely N-dealkylation sites (tertiary alicyclic amines) is 1. The number of piperidine rings is 1. The number of halogens is 6. The minimum atomic E-state index is -4.94. The van der Waals surface area contributed by atoms with E-state index in [0.717, 1.165) is 36.2 Å². The van der Waals surface area contributed by atoms with E-state index in [0.29, 0.717) is 17.8 Å². The molecular formula is C30H31ClF5N9O3. The summed E-state index contributed by atoms with van der Waals surface area (Å²) in [4.78, 5) is 44.4. The summed E-state index contributed by atoms with van der Waals surface area (Å²) < 4.78 is 70.1. The van der Waals surface area contributed by atoms with E-state index in [4.69, 9.17) is 17.3 Å². The van der Waals surface area contributed by atoms with Gasteiger partial charge in [-0.15, -0.1) is 0 Å². The molecule has 3 aliphatic carbocycles. The van der Waals surface area contributed by atoms with Gasteiger partial charge in [0, 0.05) is 68.4 Å². The van der Waals surface area contributed by atoms with Crippen molar-refractivity contribution in [3.8, 4) is 11.3 Å². The number of carbonyl (C=O) groups excluding carboxylic acids is 3. The number of carbonyl (C=O) groups is 3. The van der Waals surface area contributed by atoms with Gasteiger partial charge in [0.2, 0.25) is 0 Å². The molecule has 48 heavy (non-hydrogen) atoms. The maximum atomic E-state index is 13.8. The fourth-order valence-electron chi connectivity index (χ4n) is 6.82. The maximum Gasteiger partial charge on any atom is 0.435 e. The number of hydrogen-bond acceptors (Lipinski definition) is 6. The number of anilines is 1. The van der Waals surface area contributed by atoms with E-state index in [9.17, 15) is 36.3 Å². The van der Waals surface area contributed by atoms with Crippen LogP contribution in [0.1, 0.15) is 58.4 Å². The van der Waals surface area contributed by atoms with Gasteiger partial charge in [-0.2, -0.15) is 18.3 Å². The van der Waals surface area contributed by atoms with Crippen LogP contribution in [0.25, 0.3) is 11.3 Å². The van der Waals surface area contributed by atoms with Crippen LogP contribution in [0.2, 0.25) is 5.02 Å². The molecule has 4 amide bonds. The van der Waals surface area contributed by atoms with Crippen LogP contribution in [0, 0.1) is 11.8 Å². The van der Waals surface area contributed by atoms with Crippen molar-refractivity contribution >= 4 is 35.1 Å². The van der Waals surface area contributed by atoms with E-state index >= 15 is 0 Å². The summed E-state index contributed by atoms with van der Waals surface area (Å²) >= 11 is 6.39. The average Bonchev–Trinajstić information content (AvgIpc) is 3.46. The Kier molecular flexibility index (Phi) is 7.69. The molecule has 1 aliphatic heterocycles. The Labute approximate surface area is 275 Å². The molecule has 5 N–H and O–H groups in total. The van der Waals surface area contributed by atoms with Crippen molar-refractivity contribution in [1.82, 2.24) is 34.9 Å². The zero-order valence-corrected chi connectivity index (χ0v) is 26.2. The molecule has 1 saturated heterocycles. The SMILES string of the molecule is Cn1c(-c2cn(C3CC3(F)F)nc2C(F)(F)F)cnc1C(=O)Nc1ccc(C(=O)NC2C3CN(C(=O)NC4CCCC4N)CC32)c(Cl)c1. The number of aromatic nitrogens is 4. The Morgan fingerprint density at radius 1 is 1.08 bits per heavy atom. The molecule has 2 aromatic heterocycles. The van der Waals surface area contributed by atoms with Crippen molar-refractivity contribution in [3.63, 3.8) is 0 Å². The molecular weight excluding hydrogens is 665 g/mol. The Morgan fingerprint density at radius 3 is 2.40 bits per heavy atom. The highest BCUT2D eigenvalue weighted by Crippen LogP contribution is 2.53. The molecule has 0 spiro atoms. The van der Waals surface area contributed by atoms with Gasteiger partial charge in [0.15, 0.2) is 11.5 Å². The van der Waals surface area contributed by atoms with E-state index in [-0.39, 0.29) is 63.8 Å². The van der Waals surface area contributed by atoms with E-state index in [1.165, 1.54) is 25.2 Å². The molecule has 3 saturated carbocycles. The number of fused-ring (bicyclic) bond motifs is 1. The van der Waals surface area contributed by atoms with E-state index in [1.807, 2.05) is 0 Å². The van der Waals surface area contributed by atoms with E-state index < -0.39 is 47.6 Å². The van der Waals surface area contributed by atoms with Crippen LogP contribution in [-0.2, 0) is 13.2 Å². The van der Waals surface area contributed by atoms with Crippen molar-refractivity contribution in [3.05, 3.63) is 52.7 Å². The van der Waals surface area contributed by atoms with Crippen LogP contribution in [-0.4, -0.2) is 79.2 Å². The molecule has 5 unspecified atom stereocenters. The predicted octanol–water partition coefficient (Wildman–Crippen LogP) is 4.04. The summed E-state index contributed by atoms with van der Waals surface area (Å²) in [6.07, 6.45) is -0.904. The lowest BCUT2D eigenvalue weighted by molar-refractivity contribution is -0.141. The summed E-state index contributed by atoms with van der Waals surface area (Å²) in [5, 5.41) is 12.0. The van der Waals surface area contributed by atoms with Crippen LogP contribution < -0.4 is 21.7 Å². The highest BCUT2D eigenvalue weighted by Gasteiger charge is 2.60. The number of nitrogens with zero attached hydrogens (tertiary/aromatic N) is 5. The summed E-state index contributed by atoms with van der Waals surface area (Å²) in [5.74, 6) is -4.36. The molecule has 18 heteroatoms. The molecule has 3 aromatic rings. The summed E-state index contributed by atoms with van der Waals surface area (Å²) in [6.45, 7) is 1.04. The van der Waals surface area contributed by atoms with Gasteiger partial charge in [0.05, 0.1) is 28.0 Å². The summed E-state index contributed by atoms with van der Waals surface area (Å²) in [6, 6.07) is 2.45. The number of hydrogen-bond donors (Lipinski definition) is 4. The molecule has 3 heterocycles. The lowest BCUT2D eigenvalue weighted by atomic mass is 10.2. The standard InChI is InChI=1S/C30H31ClF5N9O3/c1-43-21(17-12-45(22-8-29(22,32)33)42-24(17)30(34,35)36)9-38-25(43)27(47)39-13-5-6-14(18(31)7-13)26(46)41-23-15-10-44(11-16(15)23)28(48)40-20-4-2-3-19(20)37/h5-7,9,12,15-16,19-20,22-23H,2-4,8,10-11,37H2,1H3,(H,39,47)(H,40,48)(H,41,46). The zero-order valence-electron chi connectivity index (χ0n) is 25.4. The van der Waals surface area contributed by atoms with Gasteiger partial charge in [-0.25, -0.2) is 18.6 Å². The topological polar surface area (TPSA) is 152 Å². The van der Waals surface area contributed by atoms with Gasteiger partial charge in [-0.1, -0.05) is 11.6 Å². The second-order valence-electron chi connectivity index (χ2n) is 12.9. The number of rotatable bonds is 7. The first-order chi connectivity index (χ1) is 22.6. The minimum Gasteiger partial charge on any atom is -0.349 e. The number of benzene rings is 1. The molecule has 1 aromatic carbocycles. The zero-order chi connectivity index (χ0) is 34.3. The third-order valence-corrected chi connectivity index (χ3v) is 10.0. The van der Waals surface area contributed by atoms with Gasteiger partial charge < -0.3 is 31.2 Å².